The van der Waals surface area contributed by atoms with Crippen molar-refractivity contribution in [2.24, 2.45) is 0 Å². The van der Waals surface area contributed by atoms with Crippen LogP contribution < -0.4 is 4.74 Å². The number of pyridine rings is 1. The van der Waals surface area contributed by atoms with Crippen LogP contribution in [0.2, 0.25) is 0 Å². The number of benzene rings is 2. The van der Waals surface area contributed by atoms with Crippen LogP contribution in [-0.2, 0) is 35.8 Å². The van der Waals surface area contributed by atoms with Gasteiger partial charge in [-0.3, -0.25) is 4.79 Å². The summed E-state index contributed by atoms with van der Waals surface area (Å²) in [5, 5.41) is 9.19. The normalized spacial score (nSPS) is 12.9. The third-order valence-electron chi connectivity index (χ3n) is 4.84. The van der Waals surface area contributed by atoms with Crippen LogP contribution in [0, 0.1) is 12.4 Å². The molecule has 0 saturated heterocycles. The Morgan fingerprint density at radius 2 is 1.93 bits per heavy atom. The van der Waals surface area contributed by atoms with Crippen LogP contribution >= 0.6 is 0 Å². The molecule has 1 aliphatic rings. The summed E-state index contributed by atoms with van der Waals surface area (Å²) in [6, 6.07) is 13.1. The Labute approximate surface area is 172 Å². The number of aliphatic carboxylic acids is 1. The van der Waals surface area contributed by atoms with Crippen LogP contribution in [0.25, 0.3) is 16.1 Å². The van der Waals surface area contributed by atoms with Gasteiger partial charge in [0, 0.05) is 11.6 Å². The van der Waals surface area contributed by atoms with E-state index >= 15 is 0 Å². The molecule has 1 N–H and O–H groups in total. The average molecular weight is 404 g/mol. The molecule has 0 aliphatic carbocycles. The van der Waals surface area contributed by atoms with E-state index in [-0.39, 0.29) is 31.8 Å². The van der Waals surface area contributed by atoms with Gasteiger partial charge in [-0.2, -0.15) is 0 Å². The SMILES string of the molecule is [C-]#[N+]c1ccc2c(c1)COCc1cc(c(F)cc1CC(=O)O)-c1cccc(n1)OC2. The predicted octanol–water partition coefficient (Wildman–Crippen LogP) is 4.67. The minimum atomic E-state index is -1.05. The second-order valence-electron chi connectivity index (χ2n) is 6.88. The van der Waals surface area contributed by atoms with E-state index in [1.165, 1.54) is 6.07 Å². The van der Waals surface area contributed by atoms with Gasteiger partial charge in [0.05, 0.1) is 31.9 Å². The molecule has 3 aromatic rings. The Balaban J connectivity index is 1.81. The Morgan fingerprint density at radius 3 is 2.73 bits per heavy atom. The molecule has 0 fully saturated rings. The van der Waals surface area contributed by atoms with E-state index in [2.05, 4.69) is 9.83 Å². The highest BCUT2D eigenvalue weighted by Gasteiger charge is 2.17. The quantitative estimate of drug-likeness (QED) is 0.628. The molecule has 0 saturated carbocycles. The number of hydrogen-bond donors (Lipinski definition) is 1. The summed E-state index contributed by atoms with van der Waals surface area (Å²) < 4.78 is 26.4. The van der Waals surface area contributed by atoms with Crippen molar-refractivity contribution in [2.45, 2.75) is 26.2 Å². The smallest absolute Gasteiger partial charge is 0.307 e. The number of rotatable bonds is 2. The van der Waals surface area contributed by atoms with Gasteiger partial charge in [0.25, 0.3) is 0 Å². The zero-order valence-corrected chi connectivity index (χ0v) is 15.9. The number of carboxylic acids is 1. The molecule has 1 aliphatic heterocycles. The molecule has 6 nitrogen and oxygen atoms in total. The zero-order valence-electron chi connectivity index (χ0n) is 15.9. The van der Waals surface area contributed by atoms with Crippen molar-refractivity contribution in [3.05, 3.63) is 88.0 Å². The molecule has 2 heterocycles. The van der Waals surface area contributed by atoms with Gasteiger partial charge >= 0.3 is 5.97 Å². The zero-order chi connectivity index (χ0) is 21.1. The maximum Gasteiger partial charge on any atom is 0.307 e. The first-order valence-electron chi connectivity index (χ1n) is 9.24. The van der Waals surface area contributed by atoms with Crippen molar-refractivity contribution in [2.75, 3.05) is 0 Å². The first-order valence-corrected chi connectivity index (χ1v) is 9.24. The van der Waals surface area contributed by atoms with E-state index < -0.39 is 11.8 Å². The highest BCUT2D eigenvalue weighted by atomic mass is 19.1. The molecule has 1 aromatic heterocycles. The molecule has 2 aromatic carbocycles. The van der Waals surface area contributed by atoms with E-state index in [4.69, 9.17) is 16.0 Å². The van der Waals surface area contributed by atoms with Crippen LogP contribution in [0.3, 0.4) is 0 Å². The lowest BCUT2D eigenvalue weighted by atomic mass is 9.99. The second kappa shape index (κ2) is 8.31. The Morgan fingerprint density at radius 1 is 1.10 bits per heavy atom. The van der Waals surface area contributed by atoms with Crippen molar-refractivity contribution in [3.8, 4) is 17.1 Å². The largest absolute Gasteiger partial charge is 0.481 e. The second-order valence-corrected chi connectivity index (χ2v) is 6.88. The summed E-state index contributed by atoms with van der Waals surface area (Å²) in [7, 11) is 0. The molecular formula is C23H17FN2O4. The summed E-state index contributed by atoms with van der Waals surface area (Å²) in [5.41, 5.74) is 3.68. The van der Waals surface area contributed by atoms with E-state index in [1.807, 2.05) is 6.07 Å². The first-order chi connectivity index (χ1) is 14.5. The number of carbonyl (C=O) groups is 1. The van der Waals surface area contributed by atoms with Crippen molar-refractivity contribution >= 4 is 11.7 Å². The monoisotopic (exact) mass is 404 g/mol. The number of aromatic nitrogens is 1. The standard InChI is InChI=1S/C23H17FN2O4/c1-25-18-6-5-14-13-30-22-4-2-3-21(26-22)19-8-17(12-29-11-16(14)7-18)15(9-20(19)24)10-23(27)28/h2-9H,10-13H2,(H,27,28). The Kier molecular flexibility index (Phi) is 5.42. The number of carboxylic acid groups (broad SMARTS) is 1. The highest BCUT2D eigenvalue weighted by Crippen LogP contribution is 2.29. The van der Waals surface area contributed by atoms with Crippen LogP contribution in [0.1, 0.15) is 22.3 Å². The minimum absolute atomic E-state index is 0.0954. The molecule has 0 atom stereocenters. The molecule has 0 radical (unpaired) electrons. The summed E-state index contributed by atoms with van der Waals surface area (Å²) in [4.78, 5) is 19.1. The molecule has 0 amide bonds. The van der Waals surface area contributed by atoms with E-state index in [0.717, 1.165) is 11.1 Å². The lowest BCUT2D eigenvalue weighted by molar-refractivity contribution is -0.136. The van der Waals surface area contributed by atoms with Gasteiger partial charge in [-0.05, 0) is 40.5 Å². The van der Waals surface area contributed by atoms with Gasteiger partial charge in [0.15, 0.2) is 5.69 Å². The van der Waals surface area contributed by atoms with Crippen LogP contribution in [0.4, 0.5) is 10.1 Å². The van der Waals surface area contributed by atoms with Gasteiger partial charge in [-0.15, -0.1) is 0 Å². The number of fused-ring (bicyclic) bond motifs is 6. The summed E-state index contributed by atoms with van der Waals surface area (Å²) in [5.74, 6) is -1.27. The molecule has 4 rings (SSSR count). The first kappa shape index (κ1) is 19.6. The lowest BCUT2D eigenvalue weighted by Gasteiger charge is -2.13. The number of halogens is 1. The van der Waals surface area contributed by atoms with Crippen molar-refractivity contribution in [1.82, 2.24) is 4.98 Å². The van der Waals surface area contributed by atoms with Gasteiger partial charge in [0.2, 0.25) is 5.88 Å². The minimum Gasteiger partial charge on any atom is -0.481 e. The molecule has 150 valence electrons. The fourth-order valence-corrected chi connectivity index (χ4v) is 3.34. The number of ether oxygens (including phenoxy) is 2. The number of nitrogens with zero attached hydrogens (tertiary/aromatic N) is 2. The number of hydrogen-bond acceptors (Lipinski definition) is 4. The van der Waals surface area contributed by atoms with Crippen LogP contribution in [0.5, 0.6) is 5.88 Å². The topological polar surface area (TPSA) is 73.0 Å². The van der Waals surface area contributed by atoms with E-state index in [9.17, 15) is 14.3 Å². The Hall–Kier alpha value is -3.76. The van der Waals surface area contributed by atoms with E-state index in [1.54, 1.807) is 36.4 Å². The fourth-order valence-electron chi connectivity index (χ4n) is 3.34. The maximum atomic E-state index is 14.8. The third-order valence-corrected chi connectivity index (χ3v) is 4.84. The van der Waals surface area contributed by atoms with E-state index in [0.29, 0.717) is 28.4 Å². The van der Waals surface area contributed by atoms with Gasteiger partial charge in [0.1, 0.15) is 12.4 Å². The van der Waals surface area contributed by atoms with Gasteiger partial charge in [-0.1, -0.05) is 24.3 Å². The molecule has 30 heavy (non-hydrogen) atoms. The summed E-state index contributed by atoms with van der Waals surface area (Å²) in [6.45, 7) is 7.75. The third kappa shape index (κ3) is 4.14. The molecule has 7 heteroatoms. The maximum absolute atomic E-state index is 14.8. The summed E-state index contributed by atoms with van der Waals surface area (Å²) >= 11 is 0. The van der Waals surface area contributed by atoms with Gasteiger partial charge in [-0.25, -0.2) is 14.2 Å². The van der Waals surface area contributed by atoms with Crippen LogP contribution in [-0.4, -0.2) is 16.1 Å². The van der Waals surface area contributed by atoms with Crippen LogP contribution in [0.15, 0.2) is 48.5 Å². The fraction of sp³-hybridized carbons (Fsp3) is 0.174. The molecular weight excluding hydrogens is 387 g/mol. The molecule has 0 unspecified atom stereocenters. The van der Waals surface area contributed by atoms with Crippen molar-refractivity contribution in [1.29, 1.82) is 0 Å². The summed E-state index contributed by atoms with van der Waals surface area (Å²) in [6.07, 6.45) is -0.315. The highest BCUT2D eigenvalue weighted by molar-refractivity contribution is 5.72. The average Bonchev–Trinajstić information content (AvgIpc) is 2.74. The Bertz CT molecular complexity index is 1170. The lowest BCUT2D eigenvalue weighted by Crippen LogP contribution is -2.07. The van der Waals surface area contributed by atoms with Crippen molar-refractivity contribution in [3.63, 3.8) is 0 Å². The predicted molar refractivity (Wildman–Crippen MR) is 106 cm³/mol. The van der Waals surface area contributed by atoms with Gasteiger partial charge < -0.3 is 14.6 Å². The molecule has 0 spiro atoms. The van der Waals surface area contributed by atoms with Crippen molar-refractivity contribution < 1.29 is 23.8 Å². The molecule has 4 bridgehead atoms.